The molecule has 0 saturated carbocycles. The number of nitrogens with zero attached hydrogens (tertiary/aromatic N) is 2. The molecule has 1 aliphatic rings. The average Bonchev–Trinajstić information content (AvgIpc) is 2.81. The van der Waals surface area contributed by atoms with Gasteiger partial charge in [-0.3, -0.25) is 9.80 Å². The fraction of sp³-hybridized carbons (Fsp3) is 0.308. The molecule has 0 amide bonds. The molecule has 0 radical (unpaired) electrons. The third-order valence-electron chi connectivity index (χ3n) is 5.85. The number of methoxy groups -OCH3 is 2. The highest BCUT2D eigenvalue weighted by Crippen LogP contribution is 2.37. The molecule has 5 heteroatoms. The molecule has 1 fully saturated rings. The van der Waals surface area contributed by atoms with Crippen LogP contribution in [0.4, 0.5) is 4.39 Å². The topological polar surface area (TPSA) is 24.9 Å². The van der Waals surface area contributed by atoms with Gasteiger partial charge in [0, 0.05) is 37.3 Å². The van der Waals surface area contributed by atoms with E-state index >= 15 is 0 Å². The Bertz CT molecular complexity index is 1010. The Balaban J connectivity index is 1.69. The van der Waals surface area contributed by atoms with E-state index in [-0.39, 0.29) is 12.0 Å². The first-order valence-corrected chi connectivity index (χ1v) is 10.7. The van der Waals surface area contributed by atoms with Crippen molar-refractivity contribution in [3.63, 3.8) is 0 Å². The molecule has 3 aromatic carbocycles. The Morgan fingerprint density at radius 1 is 0.839 bits per heavy atom. The van der Waals surface area contributed by atoms with Gasteiger partial charge in [-0.25, -0.2) is 4.39 Å². The van der Waals surface area contributed by atoms with E-state index < -0.39 is 0 Å². The zero-order valence-corrected chi connectivity index (χ0v) is 18.1. The maximum absolute atomic E-state index is 14.5. The Hall–Kier alpha value is -2.89. The van der Waals surface area contributed by atoms with Gasteiger partial charge in [0.1, 0.15) is 17.3 Å². The van der Waals surface area contributed by atoms with Crippen molar-refractivity contribution < 1.29 is 13.9 Å². The van der Waals surface area contributed by atoms with Crippen molar-refractivity contribution in [1.82, 2.24) is 9.80 Å². The molecule has 0 N–H and O–H groups in total. The number of hydrogen-bond donors (Lipinski definition) is 0. The first-order valence-electron chi connectivity index (χ1n) is 10.7. The van der Waals surface area contributed by atoms with Crippen LogP contribution in [0.3, 0.4) is 0 Å². The van der Waals surface area contributed by atoms with E-state index in [9.17, 15) is 4.39 Å². The Labute approximate surface area is 183 Å². The fourth-order valence-corrected chi connectivity index (χ4v) is 4.41. The lowest BCUT2D eigenvalue weighted by Crippen LogP contribution is -2.47. The third kappa shape index (κ3) is 4.89. The Morgan fingerprint density at radius 2 is 1.58 bits per heavy atom. The molecule has 1 heterocycles. The molecule has 1 atom stereocenters. The number of hydrogen-bond acceptors (Lipinski definition) is 4. The lowest BCUT2D eigenvalue weighted by atomic mass is 10.0. The van der Waals surface area contributed by atoms with Gasteiger partial charge in [-0.05, 0) is 36.2 Å². The van der Waals surface area contributed by atoms with Gasteiger partial charge in [-0.2, -0.15) is 0 Å². The predicted octanol–water partition coefficient (Wildman–Crippen LogP) is 5.25. The largest absolute Gasteiger partial charge is 0.497 e. The van der Waals surface area contributed by atoms with E-state index in [1.54, 1.807) is 20.3 Å². The van der Waals surface area contributed by atoms with Crippen LogP contribution in [-0.4, -0.2) is 37.1 Å². The minimum atomic E-state index is -0.161. The van der Waals surface area contributed by atoms with Crippen LogP contribution in [0.1, 0.15) is 29.3 Å². The lowest BCUT2D eigenvalue weighted by molar-refractivity contribution is -0.0109. The summed E-state index contributed by atoms with van der Waals surface area (Å²) in [6.45, 7) is 3.16. The summed E-state index contributed by atoms with van der Waals surface area (Å²) >= 11 is 0. The molecule has 1 unspecified atom stereocenters. The first kappa shape index (κ1) is 21.3. The summed E-state index contributed by atoms with van der Waals surface area (Å²) in [5.74, 6) is 1.54. The van der Waals surface area contributed by atoms with Crippen LogP contribution in [-0.2, 0) is 13.1 Å². The zero-order valence-electron chi connectivity index (χ0n) is 18.1. The first-order chi connectivity index (χ1) is 15.2. The standard InChI is InChI=1S/C26H29FN2O2/c1-30-22-11-7-9-20(17-22)18-28-15-8-16-29(19-21-10-3-5-13-24(21)27)26(28)23-12-4-6-14-25(23)31-2/h3-7,9-14,17,26H,8,15-16,18-19H2,1-2H3. The van der Waals surface area contributed by atoms with Gasteiger partial charge in [0.25, 0.3) is 0 Å². The third-order valence-corrected chi connectivity index (χ3v) is 5.85. The van der Waals surface area contributed by atoms with Crippen molar-refractivity contribution in [2.24, 2.45) is 0 Å². The second-order valence-corrected chi connectivity index (χ2v) is 7.85. The van der Waals surface area contributed by atoms with Gasteiger partial charge in [0.05, 0.1) is 20.4 Å². The van der Waals surface area contributed by atoms with E-state index in [0.717, 1.165) is 43.1 Å². The molecular formula is C26H29FN2O2. The maximum atomic E-state index is 14.5. The smallest absolute Gasteiger partial charge is 0.127 e. The quantitative estimate of drug-likeness (QED) is 0.521. The van der Waals surface area contributed by atoms with Gasteiger partial charge in [0.2, 0.25) is 0 Å². The minimum Gasteiger partial charge on any atom is -0.497 e. The number of para-hydroxylation sites is 1. The van der Waals surface area contributed by atoms with Crippen LogP contribution >= 0.6 is 0 Å². The van der Waals surface area contributed by atoms with Gasteiger partial charge in [-0.15, -0.1) is 0 Å². The summed E-state index contributed by atoms with van der Waals surface area (Å²) in [4.78, 5) is 4.79. The summed E-state index contributed by atoms with van der Waals surface area (Å²) in [7, 11) is 3.39. The predicted molar refractivity (Wildman–Crippen MR) is 121 cm³/mol. The molecule has 162 valence electrons. The van der Waals surface area contributed by atoms with Crippen molar-refractivity contribution in [2.75, 3.05) is 27.3 Å². The van der Waals surface area contributed by atoms with Crippen LogP contribution in [0.5, 0.6) is 11.5 Å². The van der Waals surface area contributed by atoms with E-state index in [1.807, 2.05) is 42.5 Å². The highest BCUT2D eigenvalue weighted by atomic mass is 19.1. The molecule has 31 heavy (non-hydrogen) atoms. The lowest BCUT2D eigenvalue weighted by Gasteiger charge is -2.44. The van der Waals surface area contributed by atoms with Crippen LogP contribution in [0.2, 0.25) is 0 Å². The number of ether oxygens (including phenoxy) is 2. The number of benzene rings is 3. The fourth-order valence-electron chi connectivity index (χ4n) is 4.41. The Morgan fingerprint density at radius 3 is 2.35 bits per heavy atom. The molecule has 0 spiro atoms. The van der Waals surface area contributed by atoms with Gasteiger partial charge >= 0.3 is 0 Å². The molecule has 0 aliphatic carbocycles. The van der Waals surface area contributed by atoms with E-state index in [2.05, 4.69) is 28.0 Å². The minimum absolute atomic E-state index is 0.0179. The number of rotatable bonds is 7. The second kappa shape index (κ2) is 9.94. The molecule has 4 nitrogen and oxygen atoms in total. The molecule has 4 rings (SSSR count). The normalized spacial score (nSPS) is 17.5. The van der Waals surface area contributed by atoms with Crippen molar-refractivity contribution in [1.29, 1.82) is 0 Å². The summed E-state index contributed by atoms with van der Waals surface area (Å²) in [6, 6.07) is 23.4. The van der Waals surface area contributed by atoms with E-state index in [4.69, 9.17) is 9.47 Å². The molecule has 0 bridgehead atoms. The monoisotopic (exact) mass is 420 g/mol. The molecule has 3 aromatic rings. The maximum Gasteiger partial charge on any atom is 0.127 e. The molecule has 1 aliphatic heterocycles. The van der Waals surface area contributed by atoms with Crippen LogP contribution in [0.15, 0.2) is 72.8 Å². The van der Waals surface area contributed by atoms with Crippen molar-refractivity contribution in [3.8, 4) is 11.5 Å². The van der Waals surface area contributed by atoms with E-state index in [0.29, 0.717) is 12.1 Å². The molecule has 1 saturated heterocycles. The summed E-state index contributed by atoms with van der Waals surface area (Å²) in [6.07, 6.45) is 1.00. The van der Waals surface area contributed by atoms with Crippen LogP contribution in [0, 0.1) is 5.82 Å². The van der Waals surface area contributed by atoms with E-state index in [1.165, 1.54) is 11.6 Å². The second-order valence-electron chi connectivity index (χ2n) is 7.85. The van der Waals surface area contributed by atoms with Crippen LogP contribution in [0.25, 0.3) is 0 Å². The highest BCUT2D eigenvalue weighted by Gasteiger charge is 2.33. The van der Waals surface area contributed by atoms with Crippen LogP contribution < -0.4 is 9.47 Å². The SMILES string of the molecule is COc1cccc(CN2CCCN(Cc3ccccc3F)C2c2ccccc2OC)c1. The summed E-state index contributed by atoms with van der Waals surface area (Å²) in [5, 5.41) is 0. The van der Waals surface area contributed by atoms with Crippen molar-refractivity contribution in [3.05, 3.63) is 95.3 Å². The Kier molecular flexibility index (Phi) is 6.85. The molecular weight excluding hydrogens is 391 g/mol. The van der Waals surface area contributed by atoms with Gasteiger partial charge < -0.3 is 9.47 Å². The zero-order chi connectivity index (χ0) is 21.6. The van der Waals surface area contributed by atoms with Crippen molar-refractivity contribution >= 4 is 0 Å². The van der Waals surface area contributed by atoms with Crippen molar-refractivity contribution in [2.45, 2.75) is 25.7 Å². The average molecular weight is 421 g/mol. The highest BCUT2D eigenvalue weighted by molar-refractivity contribution is 5.36. The molecule has 0 aromatic heterocycles. The summed E-state index contributed by atoms with van der Waals surface area (Å²) < 4.78 is 25.6. The van der Waals surface area contributed by atoms with Gasteiger partial charge in [0.15, 0.2) is 0 Å². The number of halogens is 1. The summed E-state index contributed by atoms with van der Waals surface area (Å²) in [5.41, 5.74) is 3.00. The van der Waals surface area contributed by atoms with Gasteiger partial charge in [-0.1, -0.05) is 48.5 Å².